The van der Waals surface area contributed by atoms with Gasteiger partial charge >= 0.3 is 5.97 Å². The fraction of sp³-hybridized carbons (Fsp3) is 0.900. The lowest BCUT2D eigenvalue weighted by Gasteiger charge is -2.36. The van der Waals surface area contributed by atoms with Gasteiger partial charge in [0.1, 0.15) is 5.78 Å². The predicted octanol–water partition coefficient (Wildman–Crippen LogP) is 2.23. The second kappa shape index (κ2) is 11.7. The molecule has 2 aliphatic rings. The van der Waals surface area contributed by atoms with Gasteiger partial charge in [0.05, 0.1) is 6.54 Å². The van der Waals surface area contributed by atoms with Crippen molar-refractivity contribution in [1.29, 1.82) is 0 Å². The second-order valence-electron chi connectivity index (χ2n) is 8.28. The van der Waals surface area contributed by atoms with Crippen LogP contribution in [0, 0.1) is 5.92 Å². The van der Waals surface area contributed by atoms with E-state index >= 15 is 0 Å². The molecule has 152 valence electrons. The largest absolute Gasteiger partial charge is 0.480 e. The Bertz CT molecular complexity index is 424. The van der Waals surface area contributed by atoms with Gasteiger partial charge < -0.3 is 10.4 Å². The van der Waals surface area contributed by atoms with Gasteiger partial charge in [-0.1, -0.05) is 13.8 Å². The molecule has 0 bridgehead atoms. The normalized spacial score (nSPS) is 25.0. The molecule has 2 fully saturated rings. The summed E-state index contributed by atoms with van der Waals surface area (Å²) in [4.78, 5) is 25.9. The summed E-state index contributed by atoms with van der Waals surface area (Å²) in [5, 5.41) is 12.1. The Kier molecular flexibility index (Phi) is 10.4. The van der Waals surface area contributed by atoms with Crippen molar-refractivity contribution in [3.63, 3.8) is 0 Å². The van der Waals surface area contributed by atoms with Crippen LogP contribution >= 0.6 is 0 Å². The van der Waals surface area contributed by atoms with Crippen molar-refractivity contribution >= 4 is 11.8 Å². The van der Waals surface area contributed by atoms with E-state index in [9.17, 15) is 9.59 Å². The molecule has 1 saturated carbocycles. The zero-order valence-corrected chi connectivity index (χ0v) is 17.3. The van der Waals surface area contributed by atoms with Gasteiger partial charge in [0.15, 0.2) is 0 Å². The Hall–Kier alpha value is -0.980. The number of nitrogens with zero attached hydrogens (tertiary/aromatic N) is 2. The summed E-state index contributed by atoms with van der Waals surface area (Å²) in [5.74, 6) is 0.00575. The first kappa shape index (κ1) is 23.1. The molecule has 1 saturated heterocycles. The first-order valence-corrected chi connectivity index (χ1v) is 10.1. The molecule has 6 nitrogen and oxygen atoms in total. The highest BCUT2D eigenvalue weighted by Crippen LogP contribution is 2.25. The lowest BCUT2D eigenvalue weighted by atomic mass is 9.84. The fourth-order valence-corrected chi connectivity index (χ4v) is 3.77. The molecule has 6 heteroatoms. The van der Waals surface area contributed by atoms with Gasteiger partial charge in [0.25, 0.3) is 0 Å². The van der Waals surface area contributed by atoms with Gasteiger partial charge in [-0.15, -0.1) is 0 Å². The van der Waals surface area contributed by atoms with Gasteiger partial charge in [-0.05, 0) is 46.5 Å². The monoisotopic (exact) mass is 369 g/mol. The van der Waals surface area contributed by atoms with Crippen LogP contribution in [-0.2, 0) is 9.59 Å². The van der Waals surface area contributed by atoms with Crippen LogP contribution in [0.1, 0.15) is 60.3 Å². The Labute approximate surface area is 159 Å². The molecule has 0 amide bonds. The van der Waals surface area contributed by atoms with Crippen molar-refractivity contribution in [2.75, 3.05) is 32.7 Å². The highest BCUT2D eigenvalue weighted by molar-refractivity contribution is 5.78. The van der Waals surface area contributed by atoms with Crippen LogP contribution in [0.15, 0.2) is 0 Å². The Balaban J connectivity index is 0.000000260. The maximum absolute atomic E-state index is 11.1. The molecule has 0 aromatic heterocycles. The molecule has 1 aliphatic heterocycles. The molecule has 0 aromatic carbocycles. The topological polar surface area (TPSA) is 72.9 Å². The van der Waals surface area contributed by atoms with Crippen molar-refractivity contribution in [3.8, 4) is 0 Å². The number of carboxylic acids is 1. The number of piperazine rings is 1. The third-order valence-corrected chi connectivity index (χ3v) is 5.37. The van der Waals surface area contributed by atoms with E-state index in [-0.39, 0.29) is 6.54 Å². The third-order valence-electron chi connectivity index (χ3n) is 5.37. The Morgan fingerprint density at radius 3 is 1.92 bits per heavy atom. The summed E-state index contributed by atoms with van der Waals surface area (Å²) in [7, 11) is 0. The molecule has 1 aliphatic carbocycles. The molecule has 0 spiro atoms. The minimum atomic E-state index is -0.724. The molecular weight excluding hydrogens is 330 g/mol. The van der Waals surface area contributed by atoms with Gasteiger partial charge in [0, 0.05) is 50.2 Å². The number of carbonyl (C=O) groups is 2. The summed E-state index contributed by atoms with van der Waals surface area (Å²) in [6, 6.07) is 1.79. The number of ketones is 1. The van der Waals surface area contributed by atoms with Gasteiger partial charge in [0.2, 0.25) is 0 Å². The first-order valence-electron chi connectivity index (χ1n) is 10.1. The number of rotatable bonds is 6. The molecule has 2 N–H and O–H groups in total. The summed E-state index contributed by atoms with van der Waals surface area (Å²) < 4.78 is 0. The molecule has 1 heterocycles. The van der Waals surface area contributed by atoms with E-state index in [0.29, 0.717) is 29.8 Å². The van der Waals surface area contributed by atoms with Crippen LogP contribution in [-0.4, -0.2) is 77.5 Å². The van der Waals surface area contributed by atoms with Crippen molar-refractivity contribution in [1.82, 2.24) is 15.1 Å². The van der Waals surface area contributed by atoms with Crippen LogP contribution < -0.4 is 5.32 Å². The number of carboxylic acid groups (broad SMARTS) is 1. The maximum Gasteiger partial charge on any atom is 0.317 e. The molecule has 0 unspecified atom stereocenters. The average molecular weight is 370 g/mol. The zero-order valence-electron chi connectivity index (χ0n) is 17.3. The minimum Gasteiger partial charge on any atom is -0.480 e. The van der Waals surface area contributed by atoms with Crippen molar-refractivity contribution in [3.05, 3.63) is 0 Å². The van der Waals surface area contributed by atoms with Crippen LogP contribution in [0.5, 0.6) is 0 Å². The van der Waals surface area contributed by atoms with E-state index in [4.69, 9.17) is 5.11 Å². The number of carbonyl (C=O) groups excluding carboxylic acids is 1. The lowest BCUT2D eigenvalue weighted by molar-refractivity contribution is -0.138. The number of hydrogen-bond acceptors (Lipinski definition) is 5. The SMILES string of the molecule is CC(=O)C1CCC(NC(C)C)CC1.CC(C)N1CCN(CC(=O)O)CC1. The number of hydrogen-bond donors (Lipinski definition) is 2. The van der Waals surface area contributed by atoms with Gasteiger partial charge in [-0.25, -0.2) is 0 Å². The average Bonchev–Trinajstić information content (AvgIpc) is 2.55. The predicted molar refractivity (Wildman–Crippen MR) is 105 cm³/mol. The van der Waals surface area contributed by atoms with E-state index < -0.39 is 5.97 Å². The van der Waals surface area contributed by atoms with E-state index in [1.165, 1.54) is 12.8 Å². The maximum atomic E-state index is 11.1. The Morgan fingerprint density at radius 2 is 1.54 bits per heavy atom. The highest BCUT2D eigenvalue weighted by Gasteiger charge is 2.23. The van der Waals surface area contributed by atoms with Crippen molar-refractivity contribution in [2.24, 2.45) is 5.92 Å². The van der Waals surface area contributed by atoms with Crippen LogP contribution in [0.25, 0.3) is 0 Å². The Morgan fingerprint density at radius 1 is 1.00 bits per heavy atom. The van der Waals surface area contributed by atoms with E-state index in [1.54, 1.807) is 6.92 Å². The van der Waals surface area contributed by atoms with Crippen molar-refractivity contribution < 1.29 is 14.7 Å². The molecular formula is C20H39N3O3. The van der Waals surface area contributed by atoms with Crippen LogP contribution in [0.4, 0.5) is 0 Å². The molecule has 0 aromatic rings. The zero-order chi connectivity index (χ0) is 19.7. The van der Waals surface area contributed by atoms with Crippen molar-refractivity contribution in [2.45, 2.75) is 78.4 Å². The number of nitrogens with one attached hydrogen (secondary N) is 1. The first-order chi connectivity index (χ1) is 12.2. The standard InChI is InChI=1S/C11H21NO.C9H18N2O2/c1-8(2)12-11-6-4-10(5-7-11)9(3)13;1-8(2)11-5-3-10(4-6-11)7-9(12)13/h8,10-12H,4-7H2,1-3H3;8H,3-7H2,1-2H3,(H,12,13). The van der Waals surface area contributed by atoms with E-state index in [2.05, 4.69) is 37.9 Å². The van der Waals surface area contributed by atoms with E-state index in [1.807, 2.05) is 4.90 Å². The lowest BCUT2D eigenvalue weighted by Crippen LogP contribution is -2.49. The van der Waals surface area contributed by atoms with Crippen LogP contribution in [0.3, 0.4) is 0 Å². The summed E-state index contributed by atoms with van der Waals surface area (Å²) in [6.45, 7) is 14.4. The molecule has 0 atom stereocenters. The highest BCUT2D eigenvalue weighted by atomic mass is 16.4. The smallest absolute Gasteiger partial charge is 0.317 e. The molecule has 0 radical (unpaired) electrons. The summed E-state index contributed by atoms with van der Waals surface area (Å²) >= 11 is 0. The van der Waals surface area contributed by atoms with Gasteiger partial charge in [-0.3, -0.25) is 19.4 Å². The fourth-order valence-electron chi connectivity index (χ4n) is 3.77. The second-order valence-corrected chi connectivity index (χ2v) is 8.28. The summed E-state index contributed by atoms with van der Waals surface area (Å²) in [6.07, 6.45) is 4.50. The molecule has 2 rings (SSSR count). The molecule has 26 heavy (non-hydrogen) atoms. The van der Waals surface area contributed by atoms with E-state index in [0.717, 1.165) is 39.0 Å². The number of Topliss-reactive ketones (excluding diaryl/α,β-unsaturated/α-hetero) is 1. The van der Waals surface area contributed by atoms with Crippen LogP contribution in [0.2, 0.25) is 0 Å². The minimum absolute atomic E-state index is 0.186. The summed E-state index contributed by atoms with van der Waals surface area (Å²) in [5.41, 5.74) is 0. The third kappa shape index (κ3) is 9.10. The van der Waals surface area contributed by atoms with Gasteiger partial charge in [-0.2, -0.15) is 0 Å². The number of aliphatic carboxylic acids is 1. The quantitative estimate of drug-likeness (QED) is 0.748.